The fourth-order valence-corrected chi connectivity index (χ4v) is 2.29. The fraction of sp³-hybridized carbons (Fsp3) is 0.385. The van der Waals surface area contributed by atoms with Gasteiger partial charge in [-0.3, -0.25) is 0 Å². The van der Waals surface area contributed by atoms with E-state index in [-0.39, 0.29) is 0 Å². The molecule has 1 heterocycles. The van der Waals surface area contributed by atoms with Crippen LogP contribution in [0.2, 0.25) is 0 Å². The van der Waals surface area contributed by atoms with Gasteiger partial charge in [-0.1, -0.05) is 5.21 Å². The summed E-state index contributed by atoms with van der Waals surface area (Å²) in [6.45, 7) is 0. The third kappa shape index (κ3) is 1.79. The molecule has 0 atom stereocenters. The highest BCUT2D eigenvalue weighted by Gasteiger charge is 2.17. The molecule has 4 heteroatoms. The van der Waals surface area contributed by atoms with Crippen molar-refractivity contribution >= 4 is 0 Å². The van der Waals surface area contributed by atoms with E-state index in [1.165, 1.54) is 18.5 Å². The van der Waals surface area contributed by atoms with Gasteiger partial charge in [-0.2, -0.15) is 0 Å². The lowest BCUT2D eigenvalue weighted by atomic mass is 10.0. The van der Waals surface area contributed by atoms with Crippen LogP contribution in [0, 0.1) is 0 Å². The van der Waals surface area contributed by atoms with Crippen molar-refractivity contribution in [3.63, 3.8) is 0 Å². The monoisotopic (exact) mass is 229 g/mol. The second-order valence-corrected chi connectivity index (χ2v) is 4.30. The van der Waals surface area contributed by atoms with Gasteiger partial charge in [0.1, 0.15) is 5.75 Å². The lowest BCUT2D eigenvalue weighted by molar-refractivity contribution is 0.414. The average Bonchev–Trinajstić information content (AvgIpc) is 2.83. The quantitative estimate of drug-likeness (QED) is 0.792. The van der Waals surface area contributed by atoms with Gasteiger partial charge in [-0.25, -0.2) is 4.68 Å². The Morgan fingerprint density at radius 1 is 1.12 bits per heavy atom. The summed E-state index contributed by atoms with van der Waals surface area (Å²) in [5.41, 5.74) is 3.48. The van der Waals surface area contributed by atoms with E-state index in [1.807, 2.05) is 28.9 Å². The summed E-state index contributed by atoms with van der Waals surface area (Å²) in [6, 6.07) is 7.93. The van der Waals surface area contributed by atoms with Gasteiger partial charge in [-0.15, -0.1) is 5.10 Å². The molecule has 0 spiro atoms. The molecule has 2 aromatic rings. The van der Waals surface area contributed by atoms with Gasteiger partial charge >= 0.3 is 0 Å². The van der Waals surface area contributed by atoms with E-state index in [9.17, 15) is 0 Å². The molecule has 0 saturated carbocycles. The van der Waals surface area contributed by atoms with Gasteiger partial charge in [0.15, 0.2) is 0 Å². The summed E-state index contributed by atoms with van der Waals surface area (Å²) in [4.78, 5) is 0. The van der Waals surface area contributed by atoms with Crippen molar-refractivity contribution in [3.05, 3.63) is 35.7 Å². The predicted octanol–water partition coefficient (Wildman–Crippen LogP) is 2.15. The van der Waals surface area contributed by atoms with Gasteiger partial charge in [-0.05, 0) is 49.9 Å². The standard InChI is InChI=1S/C13H15N3O/c1-17-11-8-6-10(7-9-11)16-13-5-3-2-4-12(13)14-15-16/h6-9H,2-5H2,1H3. The largest absolute Gasteiger partial charge is 0.497 e. The van der Waals surface area contributed by atoms with Crippen LogP contribution in [0.1, 0.15) is 24.2 Å². The van der Waals surface area contributed by atoms with Crippen molar-refractivity contribution in [2.75, 3.05) is 7.11 Å². The molecule has 0 radical (unpaired) electrons. The fourth-order valence-electron chi connectivity index (χ4n) is 2.29. The number of ether oxygens (including phenoxy) is 1. The lowest BCUT2D eigenvalue weighted by Crippen LogP contribution is -2.07. The number of rotatable bonds is 2. The molecule has 1 aromatic heterocycles. The maximum atomic E-state index is 5.15. The molecule has 0 unspecified atom stereocenters. The zero-order valence-corrected chi connectivity index (χ0v) is 9.89. The minimum Gasteiger partial charge on any atom is -0.497 e. The molecule has 0 aliphatic heterocycles. The Kier molecular flexibility index (Phi) is 2.55. The Hall–Kier alpha value is -1.84. The van der Waals surface area contributed by atoms with Crippen molar-refractivity contribution in [2.45, 2.75) is 25.7 Å². The first kappa shape index (κ1) is 10.3. The van der Waals surface area contributed by atoms with Crippen LogP contribution in [0.15, 0.2) is 24.3 Å². The minimum atomic E-state index is 0.864. The van der Waals surface area contributed by atoms with E-state index >= 15 is 0 Å². The van der Waals surface area contributed by atoms with E-state index in [4.69, 9.17) is 4.74 Å². The SMILES string of the molecule is COc1ccc(-n2nnc3c2CCCC3)cc1. The smallest absolute Gasteiger partial charge is 0.119 e. The molecule has 88 valence electrons. The molecular weight excluding hydrogens is 214 g/mol. The van der Waals surface area contributed by atoms with Crippen LogP contribution < -0.4 is 4.74 Å². The summed E-state index contributed by atoms with van der Waals surface area (Å²) in [5, 5.41) is 8.51. The Morgan fingerprint density at radius 3 is 2.65 bits per heavy atom. The number of methoxy groups -OCH3 is 1. The molecule has 1 aliphatic rings. The number of aryl methyl sites for hydroxylation is 1. The molecular formula is C13H15N3O. The number of fused-ring (bicyclic) bond motifs is 1. The van der Waals surface area contributed by atoms with E-state index in [1.54, 1.807) is 7.11 Å². The number of aromatic nitrogens is 3. The maximum Gasteiger partial charge on any atom is 0.119 e. The van der Waals surface area contributed by atoms with Crippen LogP contribution in [0.3, 0.4) is 0 Å². The summed E-state index contributed by atoms with van der Waals surface area (Å²) in [5.74, 6) is 0.864. The van der Waals surface area contributed by atoms with Crippen molar-refractivity contribution < 1.29 is 4.74 Å². The minimum absolute atomic E-state index is 0.864. The third-order valence-corrected chi connectivity index (χ3v) is 3.24. The van der Waals surface area contributed by atoms with Crippen molar-refractivity contribution in [1.82, 2.24) is 15.0 Å². The lowest BCUT2D eigenvalue weighted by Gasteiger charge is -2.12. The van der Waals surface area contributed by atoms with Crippen LogP contribution in [0.4, 0.5) is 0 Å². The predicted molar refractivity (Wildman–Crippen MR) is 64.6 cm³/mol. The Bertz CT molecular complexity index is 516. The normalized spacial score (nSPS) is 14.4. The summed E-state index contributed by atoms with van der Waals surface area (Å²) < 4.78 is 7.11. The molecule has 17 heavy (non-hydrogen) atoms. The van der Waals surface area contributed by atoms with Crippen LogP contribution in [0.25, 0.3) is 5.69 Å². The first-order chi connectivity index (χ1) is 8.38. The van der Waals surface area contributed by atoms with Crippen LogP contribution in [-0.4, -0.2) is 22.1 Å². The second kappa shape index (κ2) is 4.20. The van der Waals surface area contributed by atoms with Crippen molar-refractivity contribution in [2.24, 2.45) is 0 Å². The van der Waals surface area contributed by atoms with E-state index in [0.29, 0.717) is 0 Å². The molecule has 0 fully saturated rings. The zero-order valence-electron chi connectivity index (χ0n) is 9.89. The number of nitrogens with zero attached hydrogens (tertiary/aromatic N) is 3. The molecule has 0 bridgehead atoms. The van der Waals surface area contributed by atoms with E-state index < -0.39 is 0 Å². The molecule has 1 aromatic carbocycles. The molecule has 0 N–H and O–H groups in total. The van der Waals surface area contributed by atoms with Gasteiger partial charge in [0.2, 0.25) is 0 Å². The van der Waals surface area contributed by atoms with Crippen molar-refractivity contribution in [3.8, 4) is 11.4 Å². The maximum absolute atomic E-state index is 5.15. The molecule has 3 rings (SSSR count). The number of hydrogen-bond acceptors (Lipinski definition) is 3. The average molecular weight is 229 g/mol. The summed E-state index contributed by atoms with van der Waals surface area (Å²) >= 11 is 0. The Morgan fingerprint density at radius 2 is 1.88 bits per heavy atom. The van der Waals surface area contributed by atoms with Crippen LogP contribution in [0.5, 0.6) is 5.75 Å². The molecule has 0 saturated heterocycles. The Labute approximate surface area is 100 Å². The second-order valence-electron chi connectivity index (χ2n) is 4.30. The topological polar surface area (TPSA) is 39.9 Å². The molecule has 4 nitrogen and oxygen atoms in total. The first-order valence-corrected chi connectivity index (χ1v) is 5.96. The number of hydrogen-bond donors (Lipinski definition) is 0. The zero-order chi connectivity index (χ0) is 11.7. The van der Waals surface area contributed by atoms with E-state index in [2.05, 4.69) is 10.3 Å². The van der Waals surface area contributed by atoms with Gasteiger partial charge < -0.3 is 4.74 Å². The summed E-state index contributed by atoms with van der Waals surface area (Å²) in [6.07, 6.45) is 4.60. The van der Waals surface area contributed by atoms with Gasteiger partial charge in [0.05, 0.1) is 24.2 Å². The van der Waals surface area contributed by atoms with E-state index in [0.717, 1.165) is 30.0 Å². The number of benzene rings is 1. The van der Waals surface area contributed by atoms with Crippen molar-refractivity contribution in [1.29, 1.82) is 0 Å². The molecule has 0 amide bonds. The summed E-state index contributed by atoms with van der Waals surface area (Å²) in [7, 11) is 1.67. The highest BCUT2D eigenvalue weighted by atomic mass is 16.5. The van der Waals surface area contributed by atoms with Gasteiger partial charge in [0.25, 0.3) is 0 Å². The highest BCUT2D eigenvalue weighted by Crippen LogP contribution is 2.22. The molecule has 1 aliphatic carbocycles. The Balaban J connectivity index is 2.00. The highest BCUT2D eigenvalue weighted by molar-refractivity contribution is 5.38. The van der Waals surface area contributed by atoms with Gasteiger partial charge in [0, 0.05) is 0 Å². The third-order valence-electron chi connectivity index (χ3n) is 3.24. The van der Waals surface area contributed by atoms with Crippen LogP contribution in [-0.2, 0) is 12.8 Å². The van der Waals surface area contributed by atoms with Crippen LogP contribution >= 0.6 is 0 Å². The first-order valence-electron chi connectivity index (χ1n) is 5.96.